The molecule has 1 aliphatic rings. The van der Waals surface area contributed by atoms with Crippen LogP contribution in [0.5, 0.6) is 0 Å². The lowest BCUT2D eigenvalue weighted by Gasteiger charge is -2.28. The highest BCUT2D eigenvalue weighted by molar-refractivity contribution is 7.88. The summed E-state index contributed by atoms with van der Waals surface area (Å²) in [4.78, 5) is 2.23. The van der Waals surface area contributed by atoms with Gasteiger partial charge >= 0.3 is 0 Å². The molecule has 1 N–H and O–H groups in total. The topological polar surface area (TPSA) is 58.6 Å². The van der Waals surface area contributed by atoms with E-state index in [1.807, 2.05) is 24.3 Å². The summed E-state index contributed by atoms with van der Waals surface area (Å²) in [6, 6.07) is 13.7. The van der Waals surface area contributed by atoms with E-state index >= 15 is 0 Å². The second kappa shape index (κ2) is 7.95. The van der Waals surface area contributed by atoms with Crippen molar-refractivity contribution in [2.45, 2.75) is 12.3 Å². The molecule has 1 aliphatic heterocycles. The Bertz CT molecular complexity index is 803. The number of nitrogens with one attached hydrogen (secondary N) is 1. The highest BCUT2D eigenvalue weighted by Crippen LogP contribution is 2.17. The molecule has 7 heteroatoms. The number of rotatable bonds is 6. The van der Waals surface area contributed by atoms with Gasteiger partial charge in [-0.1, -0.05) is 30.3 Å². The fourth-order valence-corrected chi connectivity index (χ4v) is 3.84. The van der Waals surface area contributed by atoms with Gasteiger partial charge in [0.2, 0.25) is 10.0 Å². The second-order valence-electron chi connectivity index (χ2n) is 5.94. The Morgan fingerprint density at radius 1 is 1.04 bits per heavy atom. The summed E-state index contributed by atoms with van der Waals surface area (Å²) < 4.78 is 45.7. The van der Waals surface area contributed by atoms with Crippen LogP contribution in [0.3, 0.4) is 0 Å². The van der Waals surface area contributed by atoms with E-state index < -0.39 is 15.8 Å². The molecule has 0 radical (unpaired) electrons. The first-order valence-electron chi connectivity index (χ1n) is 8.16. The van der Waals surface area contributed by atoms with Gasteiger partial charge in [-0.3, -0.25) is 0 Å². The van der Waals surface area contributed by atoms with E-state index in [4.69, 9.17) is 4.74 Å². The fourth-order valence-electron chi connectivity index (χ4n) is 2.71. The second-order valence-corrected chi connectivity index (χ2v) is 7.74. The Morgan fingerprint density at radius 2 is 1.72 bits per heavy atom. The summed E-state index contributed by atoms with van der Waals surface area (Å²) in [6.07, 6.45) is 0. The van der Waals surface area contributed by atoms with Crippen molar-refractivity contribution in [1.29, 1.82) is 0 Å². The zero-order chi connectivity index (χ0) is 17.7. The minimum absolute atomic E-state index is 0.165. The lowest BCUT2D eigenvalue weighted by Crippen LogP contribution is -2.36. The van der Waals surface area contributed by atoms with Crippen molar-refractivity contribution >= 4 is 15.7 Å². The third-order valence-corrected chi connectivity index (χ3v) is 5.39. The van der Waals surface area contributed by atoms with E-state index in [1.54, 1.807) is 6.07 Å². The van der Waals surface area contributed by atoms with Gasteiger partial charge in [-0.05, 0) is 23.8 Å². The Kier molecular flexibility index (Phi) is 5.67. The van der Waals surface area contributed by atoms with E-state index in [-0.39, 0.29) is 17.9 Å². The van der Waals surface area contributed by atoms with Crippen LogP contribution < -0.4 is 9.62 Å². The molecule has 25 heavy (non-hydrogen) atoms. The number of sulfonamides is 1. The Hall–Kier alpha value is -1.96. The Balaban J connectivity index is 1.58. The van der Waals surface area contributed by atoms with Crippen molar-refractivity contribution in [1.82, 2.24) is 4.72 Å². The SMILES string of the molecule is O=S(=O)(Cc1ccccc1F)NCc1ccc(N2CCOCC2)cc1. The molecule has 1 saturated heterocycles. The third kappa shape index (κ3) is 5.01. The first-order chi connectivity index (χ1) is 12.0. The highest BCUT2D eigenvalue weighted by atomic mass is 32.2. The van der Waals surface area contributed by atoms with Crippen molar-refractivity contribution in [2.24, 2.45) is 0 Å². The standard InChI is InChI=1S/C18H21FN2O3S/c19-18-4-2-1-3-16(18)14-25(22,23)20-13-15-5-7-17(8-6-15)21-9-11-24-12-10-21/h1-8,20H,9-14H2. The largest absolute Gasteiger partial charge is 0.378 e. The maximum Gasteiger partial charge on any atom is 0.216 e. The van der Waals surface area contributed by atoms with Crippen molar-refractivity contribution in [3.63, 3.8) is 0 Å². The molecule has 0 unspecified atom stereocenters. The first kappa shape index (κ1) is 17.8. The molecule has 3 rings (SSSR count). The molecule has 0 amide bonds. The van der Waals surface area contributed by atoms with Crippen LogP contribution in [0.1, 0.15) is 11.1 Å². The molecule has 0 bridgehead atoms. The number of ether oxygens (including phenoxy) is 1. The van der Waals surface area contributed by atoms with Crippen LogP contribution in [0, 0.1) is 5.82 Å². The van der Waals surface area contributed by atoms with Gasteiger partial charge in [0.05, 0.1) is 19.0 Å². The Labute approximate surface area is 147 Å². The highest BCUT2D eigenvalue weighted by Gasteiger charge is 2.15. The molecule has 1 fully saturated rings. The molecule has 0 saturated carbocycles. The maximum absolute atomic E-state index is 13.6. The molecular weight excluding hydrogens is 343 g/mol. The quantitative estimate of drug-likeness (QED) is 0.854. The van der Waals surface area contributed by atoms with Crippen molar-refractivity contribution in [3.8, 4) is 0 Å². The molecule has 1 heterocycles. The van der Waals surface area contributed by atoms with Gasteiger partial charge in [0.15, 0.2) is 0 Å². The van der Waals surface area contributed by atoms with E-state index in [2.05, 4.69) is 9.62 Å². The number of anilines is 1. The van der Waals surface area contributed by atoms with Crippen LogP contribution in [0.25, 0.3) is 0 Å². The lowest BCUT2D eigenvalue weighted by atomic mass is 10.2. The Morgan fingerprint density at radius 3 is 2.40 bits per heavy atom. The van der Waals surface area contributed by atoms with Gasteiger partial charge in [0.25, 0.3) is 0 Å². The molecular formula is C18H21FN2O3S. The molecule has 0 aromatic heterocycles. The van der Waals surface area contributed by atoms with E-state index in [1.165, 1.54) is 18.2 Å². The minimum atomic E-state index is -3.60. The van der Waals surface area contributed by atoms with Crippen LogP contribution >= 0.6 is 0 Å². The molecule has 0 spiro atoms. The molecule has 5 nitrogen and oxygen atoms in total. The predicted molar refractivity (Wildman–Crippen MR) is 95.3 cm³/mol. The molecule has 2 aromatic carbocycles. The van der Waals surface area contributed by atoms with E-state index in [0.29, 0.717) is 0 Å². The van der Waals surface area contributed by atoms with Crippen LogP contribution in [-0.4, -0.2) is 34.7 Å². The van der Waals surface area contributed by atoms with E-state index in [0.717, 1.165) is 37.6 Å². The lowest BCUT2D eigenvalue weighted by molar-refractivity contribution is 0.122. The van der Waals surface area contributed by atoms with Crippen molar-refractivity contribution < 1.29 is 17.5 Å². The number of halogens is 1. The van der Waals surface area contributed by atoms with E-state index in [9.17, 15) is 12.8 Å². The molecule has 134 valence electrons. The first-order valence-corrected chi connectivity index (χ1v) is 9.81. The van der Waals surface area contributed by atoms with Gasteiger partial charge in [0.1, 0.15) is 5.82 Å². The smallest absolute Gasteiger partial charge is 0.216 e. The van der Waals surface area contributed by atoms with Crippen molar-refractivity contribution in [3.05, 3.63) is 65.5 Å². The summed E-state index contributed by atoms with van der Waals surface area (Å²) in [6.45, 7) is 3.33. The summed E-state index contributed by atoms with van der Waals surface area (Å²) in [5, 5.41) is 0. The molecule has 0 aliphatic carbocycles. The van der Waals surface area contributed by atoms with Crippen molar-refractivity contribution in [2.75, 3.05) is 31.2 Å². The van der Waals surface area contributed by atoms with Gasteiger partial charge in [-0.2, -0.15) is 0 Å². The van der Waals surface area contributed by atoms with Crippen LogP contribution in [0.4, 0.5) is 10.1 Å². The number of benzene rings is 2. The number of morpholine rings is 1. The van der Waals surface area contributed by atoms with Gasteiger partial charge in [-0.25, -0.2) is 17.5 Å². The maximum atomic E-state index is 13.6. The van der Waals surface area contributed by atoms with Crippen LogP contribution in [0.15, 0.2) is 48.5 Å². The number of hydrogen-bond donors (Lipinski definition) is 1. The predicted octanol–water partition coefficient (Wildman–Crippen LogP) is 2.28. The zero-order valence-electron chi connectivity index (χ0n) is 13.8. The summed E-state index contributed by atoms with van der Waals surface area (Å²) >= 11 is 0. The fraction of sp³-hybridized carbons (Fsp3) is 0.333. The summed E-state index contributed by atoms with van der Waals surface area (Å²) in [7, 11) is -3.60. The van der Waals surface area contributed by atoms with Gasteiger partial charge in [-0.15, -0.1) is 0 Å². The monoisotopic (exact) mass is 364 g/mol. The number of hydrogen-bond acceptors (Lipinski definition) is 4. The normalized spacial score (nSPS) is 15.3. The third-order valence-electron chi connectivity index (χ3n) is 4.11. The minimum Gasteiger partial charge on any atom is -0.378 e. The number of nitrogens with zero attached hydrogens (tertiary/aromatic N) is 1. The van der Waals surface area contributed by atoms with Gasteiger partial charge < -0.3 is 9.64 Å². The summed E-state index contributed by atoms with van der Waals surface area (Å²) in [5.41, 5.74) is 2.12. The molecule has 0 atom stereocenters. The van der Waals surface area contributed by atoms with Gasteiger partial charge in [0, 0.05) is 30.9 Å². The average molecular weight is 364 g/mol. The summed E-state index contributed by atoms with van der Waals surface area (Å²) in [5.74, 6) is -0.881. The average Bonchev–Trinajstić information content (AvgIpc) is 2.63. The zero-order valence-corrected chi connectivity index (χ0v) is 14.6. The van der Waals surface area contributed by atoms with Crippen LogP contribution in [-0.2, 0) is 27.1 Å². The molecule has 2 aromatic rings. The van der Waals surface area contributed by atoms with Crippen LogP contribution in [0.2, 0.25) is 0 Å².